The molecule has 5 unspecified atom stereocenters. The molecule has 1 heterocycles. The van der Waals surface area contributed by atoms with E-state index in [2.05, 4.69) is 261 Å². The van der Waals surface area contributed by atoms with E-state index in [1.807, 2.05) is 0 Å². The molecule has 2 heteroatoms. The number of hydrogen-bond acceptors (Lipinski definition) is 2. The Morgan fingerprint density at radius 1 is 0.515 bits per heavy atom. The molecule has 0 radical (unpaired) electrons. The van der Waals surface area contributed by atoms with Crippen molar-refractivity contribution in [2.75, 3.05) is 9.80 Å². The molecule has 8 aromatic carbocycles. The van der Waals surface area contributed by atoms with Crippen LogP contribution in [-0.4, -0.2) is 6.04 Å². The Bertz CT molecular complexity index is 3240. The molecule has 2 nitrogen and oxygen atoms in total. The second-order valence-electron chi connectivity index (χ2n) is 19.7. The SMILES string of the molecule is CC1C=CC2(C)C(C1)c1ccc(N(c3ccc(C4=CC5(C)c6ccccc6N(c6ccccc6)C5C=C4)cc3)c3ccc(-c4ccccc4)cc3)cc1C21c2ccccc2-c2ccccc21. The molecule has 4 aliphatic carbocycles. The highest BCUT2D eigenvalue weighted by Crippen LogP contribution is 2.72. The van der Waals surface area contributed by atoms with Crippen molar-refractivity contribution in [1.82, 2.24) is 0 Å². The summed E-state index contributed by atoms with van der Waals surface area (Å²) in [6, 6.07) is 75.1. The van der Waals surface area contributed by atoms with E-state index in [1.165, 1.54) is 78.3 Å². The average molecular weight is 849 g/mol. The first-order chi connectivity index (χ1) is 32.4. The maximum Gasteiger partial charge on any atom is 0.0655 e. The Labute approximate surface area is 389 Å². The van der Waals surface area contributed by atoms with Crippen molar-refractivity contribution in [3.63, 3.8) is 0 Å². The van der Waals surface area contributed by atoms with Crippen LogP contribution in [0.15, 0.2) is 231 Å². The van der Waals surface area contributed by atoms with E-state index in [0.717, 1.165) is 17.8 Å². The van der Waals surface area contributed by atoms with Crippen molar-refractivity contribution in [2.45, 2.75) is 50.0 Å². The molecule has 1 spiro atoms. The first-order valence-electron chi connectivity index (χ1n) is 23.8. The molecule has 0 bridgehead atoms. The van der Waals surface area contributed by atoms with Crippen LogP contribution in [-0.2, 0) is 10.8 Å². The number of allylic oxidation sites excluding steroid dienone is 4. The van der Waals surface area contributed by atoms with Crippen molar-refractivity contribution in [3.8, 4) is 22.3 Å². The summed E-state index contributed by atoms with van der Waals surface area (Å²) in [4.78, 5) is 4.99. The third-order valence-corrected chi connectivity index (χ3v) is 16.2. The molecular formula is C64H52N2. The lowest BCUT2D eigenvalue weighted by Gasteiger charge is -2.47. The standard InChI is InChI=1S/C64H52N2/c1-43-38-39-63(3)58(40-43)54-36-35-51(41-59(54)64(63)55-22-12-10-20-52(55)53-21-11-13-23-56(53)64)65(49-31-26-45(27-32-49)44-16-6-4-7-17-44)50-33-28-46(29-34-50)47-30-37-61-62(2,42-47)57-24-14-15-25-60(57)66(61)48-18-8-5-9-19-48/h4-39,41-43,58,61H,40H2,1-3H3. The van der Waals surface area contributed by atoms with Crippen LogP contribution in [0, 0.1) is 11.3 Å². The van der Waals surface area contributed by atoms with E-state index in [-0.39, 0.29) is 22.3 Å². The Hall–Kier alpha value is -7.42. The highest BCUT2D eigenvalue weighted by Gasteiger charge is 2.64. The molecule has 0 fully saturated rings. The minimum Gasteiger partial charge on any atom is -0.333 e. The maximum absolute atomic E-state index is 2.60. The third-order valence-electron chi connectivity index (χ3n) is 16.2. The number of rotatable bonds is 6. The van der Waals surface area contributed by atoms with E-state index < -0.39 is 0 Å². The number of nitrogens with zero attached hydrogens (tertiary/aromatic N) is 2. The van der Waals surface area contributed by atoms with Crippen LogP contribution in [0.2, 0.25) is 0 Å². The van der Waals surface area contributed by atoms with E-state index in [0.29, 0.717) is 11.8 Å². The number of anilines is 5. The van der Waals surface area contributed by atoms with Gasteiger partial charge in [0.1, 0.15) is 0 Å². The lowest BCUT2D eigenvalue weighted by atomic mass is 9.54. The second kappa shape index (κ2) is 14.5. The molecule has 0 aromatic heterocycles. The van der Waals surface area contributed by atoms with Crippen LogP contribution in [0.4, 0.5) is 28.4 Å². The van der Waals surface area contributed by atoms with Gasteiger partial charge in [0.25, 0.3) is 0 Å². The summed E-state index contributed by atoms with van der Waals surface area (Å²) in [6.07, 6.45) is 13.5. The van der Waals surface area contributed by atoms with Crippen LogP contribution in [0.25, 0.3) is 27.8 Å². The molecule has 5 atom stereocenters. The number of para-hydroxylation sites is 2. The van der Waals surface area contributed by atoms with Gasteiger partial charge in [-0.2, -0.15) is 0 Å². The summed E-state index contributed by atoms with van der Waals surface area (Å²) in [5, 5.41) is 0. The molecule has 318 valence electrons. The minimum atomic E-state index is -0.331. The fourth-order valence-corrected chi connectivity index (χ4v) is 13.2. The van der Waals surface area contributed by atoms with Gasteiger partial charge in [-0.25, -0.2) is 0 Å². The summed E-state index contributed by atoms with van der Waals surface area (Å²) in [6.45, 7) is 7.35. The average Bonchev–Trinajstić information content (AvgIpc) is 3.91. The highest BCUT2D eigenvalue weighted by molar-refractivity contribution is 5.89. The number of fused-ring (bicyclic) bond motifs is 13. The Morgan fingerprint density at radius 3 is 1.76 bits per heavy atom. The molecule has 13 rings (SSSR count). The van der Waals surface area contributed by atoms with E-state index in [1.54, 1.807) is 0 Å². The molecule has 66 heavy (non-hydrogen) atoms. The van der Waals surface area contributed by atoms with Gasteiger partial charge >= 0.3 is 0 Å². The monoisotopic (exact) mass is 848 g/mol. The van der Waals surface area contributed by atoms with Crippen molar-refractivity contribution in [3.05, 3.63) is 264 Å². The quantitative estimate of drug-likeness (QED) is 0.154. The predicted molar refractivity (Wildman–Crippen MR) is 275 cm³/mol. The summed E-state index contributed by atoms with van der Waals surface area (Å²) in [7, 11) is 0. The molecule has 0 N–H and O–H groups in total. The molecule has 5 aliphatic rings. The molecule has 8 aromatic rings. The van der Waals surface area contributed by atoms with Gasteiger partial charge in [-0.1, -0.05) is 190 Å². The Morgan fingerprint density at radius 2 is 1.08 bits per heavy atom. The van der Waals surface area contributed by atoms with Crippen molar-refractivity contribution in [1.29, 1.82) is 0 Å². The van der Waals surface area contributed by atoms with Gasteiger partial charge in [0, 0.05) is 39.3 Å². The fourth-order valence-electron chi connectivity index (χ4n) is 13.2. The number of benzene rings is 8. The highest BCUT2D eigenvalue weighted by atomic mass is 15.2. The van der Waals surface area contributed by atoms with Gasteiger partial charge in [0.2, 0.25) is 0 Å². The molecule has 1 aliphatic heterocycles. The van der Waals surface area contributed by atoms with Gasteiger partial charge < -0.3 is 9.80 Å². The summed E-state index contributed by atoms with van der Waals surface area (Å²) >= 11 is 0. The normalized spacial score (nSPS) is 23.3. The van der Waals surface area contributed by atoms with Gasteiger partial charge in [0.05, 0.1) is 11.5 Å². The predicted octanol–water partition coefficient (Wildman–Crippen LogP) is 16.3. The Kier molecular flexibility index (Phi) is 8.59. The van der Waals surface area contributed by atoms with E-state index in [4.69, 9.17) is 0 Å². The molecule has 0 amide bonds. The lowest BCUT2D eigenvalue weighted by Crippen LogP contribution is -2.43. The van der Waals surface area contributed by atoms with Gasteiger partial charge in [0.15, 0.2) is 0 Å². The molecule has 0 saturated carbocycles. The van der Waals surface area contributed by atoms with E-state index >= 15 is 0 Å². The first-order valence-corrected chi connectivity index (χ1v) is 23.8. The van der Waals surface area contributed by atoms with Gasteiger partial charge in [-0.05, 0) is 141 Å². The first kappa shape index (κ1) is 39.0. The zero-order chi connectivity index (χ0) is 44.2. The molecule has 0 saturated heterocycles. The van der Waals surface area contributed by atoms with Crippen LogP contribution >= 0.6 is 0 Å². The van der Waals surface area contributed by atoms with Crippen molar-refractivity contribution < 1.29 is 0 Å². The number of hydrogen-bond donors (Lipinski definition) is 0. The third kappa shape index (κ3) is 5.42. The van der Waals surface area contributed by atoms with Gasteiger partial charge in [-0.15, -0.1) is 0 Å². The fraction of sp³-hybridized carbons (Fsp3) is 0.156. The van der Waals surface area contributed by atoms with E-state index in [9.17, 15) is 0 Å². The summed E-state index contributed by atoms with van der Waals surface area (Å²) < 4.78 is 0. The Balaban J connectivity index is 0.951. The van der Waals surface area contributed by atoms with Crippen LogP contribution < -0.4 is 9.80 Å². The maximum atomic E-state index is 2.60. The second-order valence-corrected chi connectivity index (χ2v) is 19.7. The van der Waals surface area contributed by atoms with Crippen molar-refractivity contribution >= 4 is 34.0 Å². The van der Waals surface area contributed by atoms with Gasteiger partial charge in [-0.3, -0.25) is 0 Å². The van der Waals surface area contributed by atoms with Crippen LogP contribution in [0.3, 0.4) is 0 Å². The zero-order valence-corrected chi connectivity index (χ0v) is 37.8. The lowest BCUT2D eigenvalue weighted by molar-refractivity contribution is 0.230. The summed E-state index contributed by atoms with van der Waals surface area (Å²) in [5.74, 6) is 0.910. The topological polar surface area (TPSA) is 6.48 Å². The smallest absolute Gasteiger partial charge is 0.0655 e. The minimum absolute atomic E-state index is 0.137. The van der Waals surface area contributed by atoms with Crippen LogP contribution in [0.1, 0.15) is 66.5 Å². The van der Waals surface area contributed by atoms with Crippen LogP contribution in [0.5, 0.6) is 0 Å². The zero-order valence-electron chi connectivity index (χ0n) is 37.8. The largest absolute Gasteiger partial charge is 0.333 e. The summed E-state index contributed by atoms with van der Waals surface area (Å²) in [5.41, 5.74) is 20.0. The van der Waals surface area contributed by atoms with Crippen molar-refractivity contribution in [2.24, 2.45) is 11.3 Å². The molecular weight excluding hydrogens is 797 g/mol.